The SMILES string of the molecule is c1ccc(-n2ccc(N3CCCC3)n2)cc1. The predicted molar refractivity (Wildman–Crippen MR) is 65.0 cm³/mol. The van der Waals surface area contributed by atoms with E-state index >= 15 is 0 Å². The van der Waals surface area contributed by atoms with Crippen molar-refractivity contribution in [2.45, 2.75) is 12.8 Å². The highest BCUT2D eigenvalue weighted by Crippen LogP contribution is 2.18. The fourth-order valence-corrected chi connectivity index (χ4v) is 2.15. The van der Waals surface area contributed by atoms with Crippen molar-refractivity contribution in [1.82, 2.24) is 9.78 Å². The summed E-state index contributed by atoms with van der Waals surface area (Å²) in [6, 6.07) is 12.3. The Labute approximate surface area is 95.3 Å². The van der Waals surface area contributed by atoms with Gasteiger partial charge in [0.25, 0.3) is 0 Å². The van der Waals surface area contributed by atoms with Crippen LogP contribution in [0.4, 0.5) is 5.82 Å². The Bertz CT molecular complexity index is 455. The average molecular weight is 213 g/mol. The zero-order valence-electron chi connectivity index (χ0n) is 9.21. The van der Waals surface area contributed by atoms with Gasteiger partial charge in [-0.2, -0.15) is 5.10 Å². The smallest absolute Gasteiger partial charge is 0.151 e. The van der Waals surface area contributed by atoms with E-state index in [1.807, 2.05) is 29.1 Å². The van der Waals surface area contributed by atoms with Crippen LogP contribution >= 0.6 is 0 Å². The third kappa shape index (κ3) is 1.69. The van der Waals surface area contributed by atoms with Gasteiger partial charge in [-0.1, -0.05) is 18.2 Å². The maximum Gasteiger partial charge on any atom is 0.151 e. The fourth-order valence-electron chi connectivity index (χ4n) is 2.15. The van der Waals surface area contributed by atoms with Gasteiger partial charge in [0, 0.05) is 25.4 Å². The molecule has 2 heterocycles. The van der Waals surface area contributed by atoms with Crippen LogP contribution in [-0.2, 0) is 0 Å². The van der Waals surface area contributed by atoms with Gasteiger partial charge in [0.05, 0.1) is 5.69 Å². The molecular formula is C13H15N3. The third-order valence-corrected chi connectivity index (χ3v) is 3.03. The van der Waals surface area contributed by atoms with Crippen molar-refractivity contribution >= 4 is 5.82 Å². The summed E-state index contributed by atoms with van der Waals surface area (Å²) in [7, 11) is 0. The summed E-state index contributed by atoms with van der Waals surface area (Å²) < 4.78 is 1.94. The van der Waals surface area contributed by atoms with Crippen LogP contribution in [0.25, 0.3) is 5.69 Å². The Balaban J connectivity index is 1.87. The Hall–Kier alpha value is -1.77. The van der Waals surface area contributed by atoms with Crippen molar-refractivity contribution in [3.05, 3.63) is 42.6 Å². The van der Waals surface area contributed by atoms with Crippen LogP contribution in [0.2, 0.25) is 0 Å². The molecule has 0 spiro atoms. The molecule has 3 nitrogen and oxygen atoms in total. The molecule has 0 unspecified atom stereocenters. The summed E-state index contributed by atoms with van der Waals surface area (Å²) in [5.74, 6) is 1.10. The minimum absolute atomic E-state index is 1.10. The molecule has 1 aromatic carbocycles. The second-order valence-electron chi connectivity index (χ2n) is 4.15. The standard InChI is InChI=1S/C13H15N3/c1-2-6-12(7-3-1)16-11-8-13(14-16)15-9-4-5-10-15/h1-3,6-8,11H,4-5,9-10H2. The van der Waals surface area contributed by atoms with Gasteiger partial charge in [0.2, 0.25) is 0 Å². The van der Waals surface area contributed by atoms with Crippen molar-refractivity contribution in [3.8, 4) is 5.69 Å². The zero-order chi connectivity index (χ0) is 10.8. The molecule has 1 aliphatic heterocycles. The lowest BCUT2D eigenvalue weighted by atomic mass is 10.3. The molecule has 3 heteroatoms. The minimum atomic E-state index is 1.10. The molecule has 0 atom stereocenters. The molecule has 0 aliphatic carbocycles. The van der Waals surface area contributed by atoms with Crippen molar-refractivity contribution in [3.63, 3.8) is 0 Å². The lowest BCUT2D eigenvalue weighted by Gasteiger charge is -2.12. The highest BCUT2D eigenvalue weighted by atomic mass is 15.3. The molecule has 0 bridgehead atoms. The molecule has 2 aromatic rings. The monoisotopic (exact) mass is 213 g/mol. The highest BCUT2D eigenvalue weighted by molar-refractivity contribution is 5.41. The van der Waals surface area contributed by atoms with Gasteiger partial charge in [-0.05, 0) is 25.0 Å². The molecule has 1 aliphatic rings. The number of anilines is 1. The largest absolute Gasteiger partial charge is 0.355 e. The van der Waals surface area contributed by atoms with Crippen LogP contribution in [-0.4, -0.2) is 22.9 Å². The summed E-state index contributed by atoms with van der Waals surface area (Å²) in [5, 5.41) is 4.61. The summed E-state index contributed by atoms with van der Waals surface area (Å²) in [4.78, 5) is 2.35. The van der Waals surface area contributed by atoms with E-state index in [-0.39, 0.29) is 0 Å². The van der Waals surface area contributed by atoms with Crippen LogP contribution in [0, 0.1) is 0 Å². The number of rotatable bonds is 2. The normalized spacial score (nSPS) is 15.6. The molecule has 0 N–H and O–H groups in total. The lowest BCUT2D eigenvalue weighted by molar-refractivity contribution is 0.844. The lowest BCUT2D eigenvalue weighted by Crippen LogP contribution is -2.18. The first-order valence-corrected chi connectivity index (χ1v) is 5.79. The molecule has 16 heavy (non-hydrogen) atoms. The number of para-hydroxylation sites is 1. The molecule has 1 fully saturated rings. The van der Waals surface area contributed by atoms with Gasteiger partial charge >= 0.3 is 0 Å². The Morgan fingerprint density at radius 2 is 1.69 bits per heavy atom. The zero-order valence-corrected chi connectivity index (χ0v) is 9.21. The Kier molecular flexibility index (Phi) is 2.37. The van der Waals surface area contributed by atoms with E-state index in [1.165, 1.54) is 12.8 Å². The van der Waals surface area contributed by atoms with Gasteiger partial charge < -0.3 is 4.90 Å². The first kappa shape index (κ1) is 9.46. The van der Waals surface area contributed by atoms with E-state index in [0.717, 1.165) is 24.6 Å². The molecule has 0 saturated carbocycles. The van der Waals surface area contributed by atoms with Crippen LogP contribution in [0.1, 0.15) is 12.8 Å². The third-order valence-electron chi connectivity index (χ3n) is 3.03. The topological polar surface area (TPSA) is 21.1 Å². The van der Waals surface area contributed by atoms with Gasteiger partial charge in [0.15, 0.2) is 5.82 Å². The van der Waals surface area contributed by atoms with Gasteiger partial charge in [-0.3, -0.25) is 0 Å². The molecule has 1 saturated heterocycles. The average Bonchev–Trinajstić information content (AvgIpc) is 3.01. The van der Waals surface area contributed by atoms with E-state index in [2.05, 4.69) is 28.2 Å². The van der Waals surface area contributed by atoms with Crippen LogP contribution < -0.4 is 4.90 Å². The number of benzene rings is 1. The molecule has 1 aromatic heterocycles. The molecule has 82 valence electrons. The number of aromatic nitrogens is 2. The predicted octanol–water partition coefficient (Wildman–Crippen LogP) is 2.47. The number of hydrogen-bond donors (Lipinski definition) is 0. The Morgan fingerprint density at radius 3 is 2.44 bits per heavy atom. The van der Waals surface area contributed by atoms with E-state index in [9.17, 15) is 0 Å². The van der Waals surface area contributed by atoms with Crippen molar-refractivity contribution in [2.75, 3.05) is 18.0 Å². The van der Waals surface area contributed by atoms with Crippen LogP contribution in [0.15, 0.2) is 42.6 Å². The number of hydrogen-bond acceptors (Lipinski definition) is 2. The fraction of sp³-hybridized carbons (Fsp3) is 0.308. The van der Waals surface area contributed by atoms with Crippen molar-refractivity contribution in [1.29, 1.82) is 0 Å². The quantitative estimate of drug-likeness (QED) is 0.764. The minimum Gasteiger partial charge on any atom is -0.355 e. The first-order chi connectivity index (χ1) is 7.93. The van der Waals surface area contributed by atoms with E-state index in [1.54, 1.807) is 0 Å². The van der Waals surface area contributed by atoms with E-state index in [0.29, 0.717) is 0 Å². The first-order valence-electron chi connectivity index (χ1n) is 5.79. The van der Waals surface area contributed by atoms with Crippen LogP contribution in [0.3, 0.4) is 0 Å². The molecule has 0 radical (unpaired) electrons. The molecule has 3 rings (SSSR count). The van der Waals surface area contributed by atoms with Crippen molar-refractivity contribution < 1.29 is 0 Å². The second kappa shape index (κ2) is 4.00. The van der Waals surface area contributed by atoms with E-state index < -0.39 is 0 Å². The van der Waals surface area contributed by atoms with Gasteiger partial charge in [-0.15, -0.1) is 0 Å². The van der Waals surface area contributed by atoms with E-state index in [4.69, 9.17) is 0 Å². The summed E-state index contributed by atoms with van der Waals surface area (Å²) in [6.45, 7) is 2.29. The second-order valence-corrected chi connectivity index (χ2v) is 4.15. The number of nitrogens with zero attached hydrogens (tertiary/aromatic N) is 3. The molecule has 0 amide bonds. The maximum atomic E-state index is 4.61. The van der Waals surface area contributed by atoms with Gasteiger partial charge in [-0.25, -0.2) is 4.68 Å². The van der Waals surface area contributed by atoms with Crippen molar-refractivity contribution in [2.24, 2.45) is 0 Å². The summed E-state index contributed by atoms with van der Waals surface area (Å²) in [5.41, 5.74) is 1.12. The summed E-state index contributed by atoms with van der Waals surface area (Å²) >= 11 is 0. The Morgan fingerprint density at radius 1 is 0.938 bits per heavy atom. The molecular weight excluding hydrogens is 198 g/mol. The van der Waals surface area contributed by atoms with Crippen LogP contribution in [0.5, 0.6) is 0 Å². The summed E-state index contributed by atoms with van der Waals surface area (Å²) in [6.07, 6.45) is 4.61. The maximum absolute atomic E-state index is 4.61. The van der Waals surface area contributed by atoms with Gasteiger partial charge in [0.1, 0.15) is 0 Å². The highest BCUT2D eigenvalue weighted by Gasteiger charge is 2.14.